The summed E-state index contributed by atoms with van der Waals surface area (Å²) in [5.74, 6) is 0. The topological polar surface area (TPSA) is 0 Å². The van der Waals surface area contributed by atoms with E-state index in [4.69, 9.17) is 0 Å². The smallest absolute Gasteiger partial charge is 0.147 e. The molecule has 0 aliphatic carbocycles. The van der Waals surface area contributed by atoms with Gasteiger partial charge >= 0.3 is 0 Å². The fourth-order valence-corrected chi connectivity index (χ4v) is 3.21. The van der Waals surface area contributed by atoms with Crippen LogP contribution in [0, 0.1) is 13.8 Å². The number of hydrogen-bond acceptors (Lipinski definition) is 0. The molecular weight excluding hydrogens is 255 g/mol. The molecule has 0 saturated heterocycles. The predicted molar refractivity (Wildman–Crippen MR) is 82.8 cm³/mol. The van der Waals surface area contributed by atoms with Crippen molar-refractivity contribution in [3.05, 3.63) is 70.8 Å². The number of rotatable bonds is 4. The van der Waals surface area contributed by atoms with Crippen molar-refractivity contribution in [3.8, 4) is 0 Å². The highest BCUT2D eigenvalue weighted by Crippen LogP contribution is 2.06. The Hall–Kier alpha value is -0.738. The first-order valence-corrected chi connectivity index (χ1v) is 7.80. The van der Waals surface area contributed by atoms with Gasteiger partial charge in [-0.3, -0.25) is 0 Å². The fourth-order valence-electron chi connectivity index (χ4n) is 1.85. The zero-order valence-electron chi connectivity index (χ0n) is 11.0. The predicted octanol–water partition coefficient (Wildman–Crippen LogP) is 4.13. The van der Waals surface area contributed by atoms with Crippen LogP contribution in [0.4, 0.5) is 0 Å². The normalized spacial score (nSPS) is 9.67. The number of hydrogen-bond donors (Lipinski definition) is 0. The highest BCUT2D eigenvalue weighted by molar-refractivity contribution is 6.34. The van der Waals surface area contributed by atoms with Crippen molar-refractivity contribution in [1.29, 1.82) is 0 Å². The largest absolute Gasteiger partial charge is 0.214 e. The summed E-state index contributed by atoms with van der Waals surface area (Å²) in [4.78, 5) is 0. The molecule has 0 unspecified atom stereocenters. The maximum atomic E-state index is 2.26. The summed E-state index contributed by atoms with van der Waals surface area (Å²) in [6, 6.07) is 17.9. The van der Waals surface area contributed by atoms with Gasteiger partial charge in [-0.25, -0.2) is 0 Å². The van der Waals surface area contributed by atoms with Crippen LogP contribution in [0.1, 0.15) is 22.3 Å². The summed E-state index contributed by atoms with van der Waals surface area (Å²) in [5.41, 5.74) is 5.67. The standard InChI is InChI=1S/2C8H9.Al.ClH/c2*1-7-3-5-8(2)6-4-7;;/h2*3-6H,1H2,2H3;;1H. The molecule has 0 bridgehead atoms. The van der Waals surface area contributed by atoms with E-state index in [1.54, 1.807) is 0 Å². The van der Waals surface area contributed by atoms with Gasteiger partial charge in [0.2, 0.25) is 15.2 Å². The van der Waals surface area contributed by atoms with Crippen LogP contribution in [0.5, 0.6) is 0 Å². The van der Waals surface area contributed by atoms with Crippen LogP contribution in [0.25, 0.3) is 0 Å². The molecule has 2 rings (SSSR count). The van der Waals surface area contributed by atoms with Crippen molar-refractivity contribution in [2.75, 3.05) is 0 Å². The average Bonchev–Trinajstić information content (AvgIpc) is 2.34. The lowest BCUT2D eigenvalue weighted by molar-refractivity contribution is 1.28. The minimum Gasteiger partial charge on any atom is -0.147 e. The van der Waals surface area contributed by atoms with Gasteiger partial charge in [-0.1, -0.05) is 81.4 Å². The summed E-state index contributed by atoms with van der Waals surface area (Å²) in [5, 5.41) is 2.52. The van der Waals surface area contributed by atoms with Crippen molar-refractivity contribution < 1.29 is 0 Å². The van der Waals surface area contributed by atoms with Crippen LogP contribution in [0.15, 0.2) is 48.5 Å². The van der Waals surface area contributed by atoms with E-state index < -0.39 is 0 Å². The Morgan fingerprint density at radius 3 is 1.33 bits per heavy atom. The average molecular weight is 274 g/mol. The molecule has 93 valence electrons. The Balaban J connectivity index is 0.00000162. The Morgan fingerprint density at radius 1 is 0.667 bits per heavy atom. The first-order valence-electron chi connectivity index (χ1n) is 6.17. The maximum absolute atomic E-state index is 2.26. The molecule has 0 saturated carbocycles. The molecule has 0 nitrogen and oxygen atoms in total. The molecule has 2 heteroatoms. The van der Waals surface area contributed by atoms with Crippen LogP contribution < -0.4 is 0 Å². The van der Waals surface area contributed by atoms with E-state index in [0.717, 1.165) is 0 Å². The second-order valence-electron chi connectivity index (χ2n) is 4.67. The molecule has 0 fully saturated rings. The zero-order chi connectivity index (χ0) is 12.1. The lowest BCUT2D eigenvalue weighted by atomic mass is 10.2. The molecule has 0 spiro atoms. The molecule has 0 amide bonds. The third kappa shape index (κ3) is 4.86. The van der Waals surface area contributed by atoms with Gasteiger partial charge in [-0.15, -0.1) is 12.4 Å². The van der Waals surface area contributed by atoms with Crippen LogP contribution in [0.3, 0.4) is 0 Å². The Morgan fingerprint density at radius 2 is 1.00 bits per heavy atom. The molecule has 0 aliphatic rings. The third-order valence-corrected chi connectivity index (χ3v) is 4.52. The molecular formula is C16H19AlCl. The first-order chi connectivity index (χ1) is 8.24. The third-order valence-electron chi connectivity index (χ3n) is 3.00. The molecule has 18 heavy (non-hydrogen) atoms. The van der Waals surface area contributed by atoms with E-state index in [1.165, 1.54) is 32.8 Å². The van der Waals surface area contributed by atoms with Gasteiger partial charge in [-0.2, -0.15) is 0 Å². The summed E-state index contributed by atoms with van der Waals surface area (Å²) in [6.45, 7) is 4.28. The molecule has 0 heterocycles. The van der Waals surface area contributed by atoms with Crippen LogP contribution in [-0.2, 0) is 10.6 Å². The van der Waals surface area contributed by atoms with Crippen LogP contribution >= 0.6 is 12.4 Å². The lowest BCUT2D eigenvalue weighted by Gasteiger charge is -2.02. The second kappa shape index (κ2) is 7.64. The molecule has 2 aromatic carbocycles. The van der Waals surface area contributed by atoms with Crippen LogP contribution in [0.2, 0.25) is 0 Å². The Kier molecular flexibility index (Phi) is 6.51. The van der Waals surface area contributed by atoms with Gasteiger partial charge in [0.05, 0.1) is 0 Å². The molecule has 0 atom stereocenters. The summed E-state index contributed by atoms with van der Waals surface area (Å²) < 4.78 is 0. The SMILES string of the molecule is Cc1ccc([CH2][Al][CH2]c2ccc(C)cc2)cc1.Cl. The van der Waals surface area contributed by atoms with E-state index in [-0.39, 0.29) is 12.4 Å². The quantitative estimate of drug-likeness (QED) is 0.735. The van der Waals surface area contributed by atoms with Crippen molar-refractivity contribution in [1.82, 2.24) is 0 Å². The van der Waals surface area contributed by atoms with Gasteiger partial charge in [0.1, 0.15) is 0 Å². The van der Waals surface area contributed by atoms with Crippen molar-refractivity contribution in [2.45, 2.75) is 24.4 Å². The van der Waals surface area contributed by atoms with Gasteiger partial charge < -0.3 is 0 Å². The lowest BCUT2D eigenvalue weighted by Crippen LogP contribution is -2.01. The number of halogens is 1. The maximum Gasteiger partial charge on any atom is 0.214 e. The van der Waals surface area contributed by atoms with Gasteiger partial charge in [-0.05, 0) is 13.8 Å². The zero-order valence-corrected chi connectivity index (χ0v) is 13.0. The molecule has 0 aromatic heterocycles. The van der Waals surface area contributed by atoms with E-state index in [9.17, 15) is 0 Å². The molecule has 0 aliphatic heterocycles. The van der Waals surface area contributed by atoms with Crippen molar-refractivity contribution in [2.24, 2.45) is 0 Å². The molecule has 1 radical (unpaired) electrons. The Labute approximate surface area is 123 Å². The second-order valence-corrected chi connectivity index (χ2v) is 6.06. The fraction of sp³-hybridized carbons (Fsp3) is 0.250. The minimum absolute atomic E-state index is 0. The molecule has 2 aromatic rings. The van der Waals surface area contributed by atoms with E-state index in [1.807, 2.05) is 0 Å². The monoisotopic (exact) mass is 273 g/mol. The van der Waals surface area contributed by atoms with Gasteiger partial charge in [0.15, 0.2) is 0 Å². The van der Waals surface area contributed by atoms with Gasteiger partial charge in [0.25, 0.3) is 0 Å². The first kappa shape index (κ1) is 15.3. The van der Waals surface area contributed by atoms with Crippen LogP contribution in [-0.4, -0.2) is 15.2 Å². The summed E-state index contributed by atoms with van der Waals surface area (Å²) >= 11 is 0.485. The van der Waals surface area contributed by atoms with Crippen molar-refractivity contribution in [3.63, 3.8) is 0 Å². The van der Waals surface area contributed by atoms with Gasteiger partial charge in [0, 0.05) is 0 Å². The van der Waals surface area contributed by atoms with E-state index in [2.05, 4.69) is 62.4 Å². The molecule has 0 N–H and O–H groups in total. The number of benzene rings is 2. The Bertz CT molecular complexity index is 414. The summed E-state index contributed by atoms with van der Waals surface area (Å²) in [6.07, 6.45) is 0. The van der Waals surface area contributed by atoms with E-state index >= 15 is 0 Å². The van der Waals surface area contributed by atoms with Crippen molar-refractivity contribution >= 4 is 27.6 Å². The summed E-state index contributed by atoms with van der Waals surface area (Å²) in [7, 11) is 0. The highest BCUT2D eigenvalue weighted by Gasteiger charge is 1.98. The highest BCUT2D eigenvalue weighted by atomic mass is 35.5. The minimum atomic E-state index is 0. The van der Waals surface area contributed by atoms with E-state index in [0.29, 0.717) is 15.2 Å². The number of aryl methyl sites for hydroxylation is 2.